The molecule has 0 fully saturated rings. The first-order valence-corrected chi connectivity index (χ1v) is 2.06. The minimum absolute atomic E-state index is 0. The van der Waals surface area contributed by atoms with Gasteiger partial charge in [-0.3, -0.25) is 0 Å². The largest absolute Gasteiger partial charge is 0.411 e. The van der Waals surface area contributed by atoms with E-state index in [0.29, 0.717) is 5.71 Å². The standard InChI is InChI=1S/C4H8N2O2.Na/c1-4(3-5-7)6-8-2;/h3,7H,1-2H3;. The Morgan fingerprint density at radius 2 is 2.22 bits per heavy atom. The van der Waals surface area contributed by atoms with Crippen LogP contribution in [0.15, 0.2) is 10.3 Å². The molecule has 0 spiro atoms. The summed E-state index contributed by atoms with van der Waals surface area (Å²) >= 11 is 0. The predicted molar refractivity (Wildman–Crippen MR) is 36.2 cm³/mol. The molecule has 9 heavy (non-hydrogen) atoms. The molecule has 1 radical (unpaired) electrons. The third-order valence-electron chi connectivity index (χ3n) is 0.480. The maximum Gasteiger partial charge on any atom is 0.106 e. The summed E-state index contributed by atoms with van der Waals surface area (Å²) in [6.45, 7) is 1.66. The van der Waals surface area contributed by atoms with Gasteiger partial charge in [0.25, 0.3) is 0 Å². The maximum atomic E-state index is 7.90. The van der Waals surface area contributed by atoms with Crippen LogP contribution in [0, 0.1) is 0 Å². The third kappa shape index (κ3) is 7.94. The van der Waals surface area contributed by atoms with Crippen molar-refractivity contribution in [2.75, 3.05) is 7.11 Å². The summed E-state index contributed by atoms with van der Waals surface area (Å²) in [6, 6.07) is 0. The molecule has 47 valence electrons. The van der Waals surface area contributed by atoms with Crippen LogP contribution in [-0.4, -0.2) is 53.8 Å². The van der Waals surface area contributed by atoms with Crippen LogP contribution in [0.2, 0.25) is 0 Å². The Kier molecular flexibility index (Phi) is 10.3. The van der Waals surface area contributed by atoms with Crippen molar-refractivity contribution in [1.82, 2.24) is 0 Å². The summed E-state index contributed by atoms with van der Waals surface area (Å²) in [6.07, 6.45) is 1.18. The first-order valence-electron chi connectivity index (χ1n) is 2.06. The number of rotatable bonds is 2. The summed E-state index contributed by atoms with van der Waals surface area (Å²) in [5.41, 5.74) is 0.523. The molecule has 0 aromatic heterocycles. The molecular formula is C4H8N2NaO2. The Balaban J connectivity index is 0. The first kappa shape index (κ1) is 11.7. The van der Waals surface area contributed by atoms with E-state index >= 15 is 0 Å². The molecule has 0 heterocycles. The van der Waals surface area contributed by atoms with Gasteiger partial charge < -0.3 is 10.0 Å². The second kappa shape index (κ2) is 7.94. The average Bonchev–Trinajstić information content (AvgIpc) is 1.68. The molecule has 4 nitrogen and oxygen atoms in total. The summed E-state index contributed by atoms with van der Waals surface area (Å²) in [5, 5.41) is 14.0. The van der Waals surface area contributed by atoms with Crippen molar-refractivity contribution in [1.29, 1.82) is 0 Å². The molecule has 1 N–H and O–H groups in total. The molecule has 0 atom stereocenters. The average molecular weight is 139 g/mol. The van der Waals surface area contributed by atoms with E-state index in [1.807, 2.05) is 0 Å². The molecule has 0 aliphatic rings. The zero-order chi connectivity index (χ0) is 6.41. The normalized spacial score (nSPS) is 11.1. The van der Waals surface area contributed by atoms with Crippen LogP contribution in [-0.2, 0) is 4.84 Å². The molecular weight excluding hydrogens is 131 g/mol. The van der Waals surface area contributed by atoms with Crippen LogP contribution in [0.4, 0.5) is 0 Å². The molecule has 0 aromatic carbocycles. The number of hydrogen-bond donors (Lipinski definition) is 1. The summed E-state index contributed by atoms with van der Waals surface area (Å²) < 4.78 is 0. The van der Waals surface area contributed by atoms with Crippen molar-refractivity contribution in [2.45, 2.75) is 6.92 Å². The van der Waals surface area contributed by atoms with Gasteiger partial charge in [-0.15, -0.1) is 0 Å². The van der Waals surface area contributed by atoms with Gasteiger partial charge in [0, 0.05) is 29.6 Å². The van der Waals surface area contributed by atoms with E-state index in [0.717, 1.165) is 0 Å². The van der Waals surface area contributed by atoms with Crippen molar-refractivity contribution in [3.63, 3.8) is 0 Å². The van der Waals surface area contributed by atoms with Crippen LogP contribution < -0.4 is 0 Å². The molecule has 0 rings (SSSR count). The van der Waals surface area contributed by atoms with Gasteiger partial charge in [-0.25, -0.2) is 0 Å². The molecule has 0 bridgehead atoms. The second-order valence-electron chi connectivity index (χ2n) is 1.16. The zero-order valence-corrected chi connectivity index (χ0v) is 7.83. The van der Waals surface area contributed by atoms with Crippen molar-refractivity contribution in [3.05, 3.63) is 0 Å². The van der Waals surface area contributed by atoms with Crippen molar-refractivity contribution >= 4 is 41.5 Å². The quantitative estimate of drug-likeness (QED) is 0.255. The van der Waals surface area contributed by atoms with E-state index in [2.05, 4.69) is 15.1 Å². The van der Waals surface area contributed by atoms with Gasteiger partial charge in [-0.05, 0) is 6.92 Å². The minimum Gasteiger partial charge on any atom is -0.411 e. The Hall–Kier alpha value is -0.0600. The smallest absolute Gasteiger partial charge is 0.106 e. The Bertz CT molecular complexity index is 113. The fourth-order valence-electron chi connectivity index (χ4n) is 0.251. The van der Waals surface area contributed by atoms with Crippen molar-refractivity contribution in [2.24, 2.45) is 10.3 Å². The van der Waals surface area contributed by atoms with E-state index in [1.54, 1.807) is 6.92 Å². The van der Waals surface area contributed by atoms with Crippen molar-refractivity contribution in [3.8, 4) is 0 Å². The Morgan fingerprint density at radius 1 is 1.67 bits per heavy atom. The van der Waals surface area contributed by atoms with Crippen molar-refractivity contribution < 1.29 is 10.0 Å². The molecule has 0 unspecified atom stereocenters. The van der Waals surface area contributed by atoms with E-state index in [-0.39, 0.29) is 29.6 Å². The van der Waals surface area contributed by atoms with Gasteiger partial charge in [0.1, 0.15) is 7.11 Å². The van der Waals surface area contributed by atoms with E-state index < -0.39 is 0 Å². The van der Waals surface area contributed by atoms with Crippen LogP contribution in [0.3, 0.4) is 0 Å². The third-order valence-corrected chi connectivity index (χ3v) is 0.480. The SMILES string of the molecule is CON=C(C)C=NO.[Na]. The summed E-state index contributed by atoms with van der Waals surface area (Å²) in [4.78, 5) is 4.34. The van der Waals surface area contributed by atoms with Gasteiger partial charge in [-0.2, -0.15) is 0 Å². The minimum atomic E-state index is 0. The van der Waals surface area contributed by atoms with Gasteiger partial charge >= 0.3 is 0 Å². The fourth-order valence-corrected chi connectivity index (χ4v) is 0.251. The van der Waals surface area contributed by atoms with E-state index in [1.165, 1.54) is 13.3 Å². The Labute approximate surface area is 75.9 Å². The first-order chi connectivity index (χ1) is 3.81. The second-order valence-corrected chi connectivity index (χ2v) is 1.16. The Morgan fingerprint density at radius 3 is 2.56 bits per heavy atom. The molecule has 0 saturated carbocycles. The van der Waals surface area contributed by atoms with E-state index in [9.17, 15) is 0 Å². The fraction of sp³-hybridized carbons (Fsp3) is 0.500. The number of nitrogens with zero attached hydrogens (tertiary/aromatic N) is 2. The van der Waals surface area contributed by atoms with Crippen LogP contribution in [0.1, 0.15) is 6.92 Å². The number of oxime groups is 2. The van der Waals surface area contributed by atoms with Crippen LogP contribution in [0.5, 0.6) is 0 Å². The predicted octanol–water partition coefficient (Wildman–Crippen LogP) is 0.0879. The maximum absolute atomic E-state index is 7.90. The molecule has 0 saturated heterocycles. The van der Waals surface area contributed by atoms with Crippen LogP contribution in [0.25, 0.3) is 0 Å². The molecule has 5 heteroatoms. The number of hydrogen-bond acceptors (Lipinski definition) is 4. The van der Waals surface area contributed by atoms with Gasteiger partial charge in [0.2, 0.25) is 0 Å². The molecule has 0 aromatic rings. The monoisotopic (exact) mass is 139 g/mol. The van der Waals surface area contributed by atoms with Crippen LogP contribution >= 0.6 is 0 Å². The van der Waals surface area contributed by atoms with Gasteiger partial charge in [0.05, 0.1) is 11.9 Å². The van der Waals surface area contributed by atoms with Gasteiger partial charge in [-0.1, -0.05) is 10.3 Å². The summed E-state index contributed by atoms with van der Waals surface area (Å²) in [5.74, 6) is 0. The molecule has 0 aliphatic carbocycles. The van der Waals surface area contributed by atoms with E-state index in [4.69, 9.17) is 5.21 Å². The molecule has 0 amide bonds. The summed E-state index contributed by atoms with van der Waals surface area (Å²) in [7, 11) is 1.43. The van der Waals surface area contributed by atoms with Gasteiger partial charge in [0.15, 0.2) is 0 Å². The zero-order valence-electron chi connectivity index (χ0n) is 5.83. The molecule has 0 aliphatic heterocycles. The topological polar surface area (TPSA) is 54.2 Å².